The van der Waals surface area contributed by atoms with Crippen LogP contribution in [0.3, 0.4) is 0 Å². The van der Waals surface area contributed by atoms with Gasteiger partial charge < -0.3 is 15.0 Å². The molecule has 4 nitrogen and oxygen atoms in total. The second-order valence-corrected chi connectivity index (χ2v) is 7.37. The van der Waals surface area contributed by atoms with E-state index in [4.69, 9.17) is 5.73 Å². The van der Waals surface area contributed by atoms with Gasteiger partial charge in [-0.1, -0.05) is 25.3 Å². The Bertz CT molecular complexity index is 987. The third-order valence-corrected chi connectivity index (χ3v) is 5.34. The van der Waals surface area contributed by atoms with Gasteiger partial charge in [0.05, 0.1) is 22.6 Å². The fraction of sp³-hybridized carbons (Fsp3) is 0.381. The van der Waals surface area contributed by atoms with Gasteiger partial charge in [0.2, 0.25) is 0 Å². The second-order valence-electron chi connectivity index (χ2n) is 7.37. The molecule has 1 fully saturated rings. The first-order valence-corrected chi connectivity index (χ1v) is 9.45. The molecule has 0 bridgehead atoms. The van der Waals surface area contributed by atoms with Crippen LogP contribution in [-0.2, 0) is 0 Å². The summed E-state index contributed by atoms with van der Waals surface area (Å²) < 4.78 is 44.4. The maximum Gasteiger partial charge on any atom is 0.573 e. The number of rotatable bonds is 3. The molecular formula is C21H22F3N3O. The lowest BCUT2D eigenvalue weighted by Gasteiger charge is -2.26. The average molecular weight is 389 g/mol. The molecule has 0 saturated heterocycles. The minimum atomic E-state index is -4.73. The molecule has 0 atom stereocenters. The maximum atomic E-state index is 12.7. The number of nitrogens with zero attached hydrogens (tertiary/aromatic N) is 2. The highest BCUT2D eigenvalue weighted by atomic mass is 19.4. The van der Waals surface area contributed by atoms with Crippen molar-refractivity contribution < 1.29 is 17.9 Å². The van der Waals surface area contributed by atoms with E-state index in [9.17, 15) is 13.2 Å². The number of aromatic nitrogens is 2. The van der Waals surface area contributed by atoms with E-state index in [2.05, 4.69) is 14.3 Å². The SMILES string of the molecule is Cc1ccc(-c2c(N)c3ccc(OC(F)(F)F)cc3n2C2CCCCC2)nc1. The van der Waals surface area contributed by atoms with E-state index in [1.54, 1.807) is 12.3 Å². The Labute approximate surface area is 161 Å². The van der Waals surface area contributed by atoms with Crippen LogP contribution in [0, 0.1) is 6.92 Å². The second kappa shape index (κ2) is 7.04. The van der Waals surface area contributed by atoms with E-state index in [1.165, 1.54) is 18.6 Å². The minimum Gasteiger partial charge on any atom is -0.406 e. The van der Waals surface area contributed by atoms with Gasteiger partial charge in [-0.15, -0.1) is 13.2 Å². The molecule has 0 radical (unpaired) electrons. The predicted octanol–water partition coefficient (Wildman–Crippen LogP) is 6.00. The number of nitrogen functional groups attached to an aromatic ring is 1. The number of anilines is 1. The Morgan fingerprint density at radius 3 is 2.50 bits per heavy atom. The van der Waals surface area contributed by atoms with Gasteiger partial charge in [-0.25, -0.2) is 0 Å². The smallest absolute Gasteiger partial charge is 0.406 e. The molecule has 1 aromatic carbocycles. The topological polar surface area (TPSA) is 53.1 Å². The molecule has 0 spiro atoms. The number of pyridine rings is 1. The summed E-state index contributed by atoms with van der Waals surface area (Å²) in [5.41, 5.74) is 10.2. The number of fused-ring (bicyclic) bond motifs is 1. The number of hydrogen-bond acceptors (Lipinski definition) is 3. The number of aryl methyl sites for hydroxylation is 1. The molecule has 0 unspecified atom stereocenters. The van der Waals surface area contributed by atoms with Crippen LogP contribution in [0.15, 0.2) is 36.5 Å². The van der Waals surface area contributed by atoms with Crippen LogP contribution in [0.4, 0.5) is 18.9 Å². The monoisotopic (exact) mass is 389 g/mol. The molecule has 1 saturated carbocycles. The normalized spacial score (nSPS) is 15.9. The fourth-order valence-corrected chi connectivity index (χ4v) is 4.10. The Morgan fingerprint density at radius 1 is 1.11 bits per heavy atom. The number of nitrogens with two attached hydrogens (primary N) is 1. The summed E-state index contributed by atoms with van der Waals surface area (Å²) in [5, 5.41) is 0.720. The van der Waals surface area contributed by atoms with E-state index >= 15 is 0 Å². The standard InChI is InChI=1S/C21H22F3N3O/c1-13-7-10-17(26-12-13)20-19(25)16-9-8-15(28-21(22,23)24)11-18(16)27(20)14-5-3-2-4-6-14/h7-12,14H,2-6,25H2,1H3. The lowest BCUT2D eigenvalue weighted by molar-refractivity contribution is -0.274. The van der Waals surface area contributed by atoms with Crippen molar-refractivity contribution in [2.45, 2.75) is 51.4 Å². The largest absolute Gasteiger partial charge is 0.573 e. The summed E-state index contributed by atoms with van der Waals surface area (Å²) in [5.74, 6) is -0.238. The van der Waals surface area contributed by atoms with Crippen molar-refractivity contribution in [3.63, 3.8) is 0 Å². The third-order valence-electron chi connectivity index (χ3n) is 5.34. The van der Waals surface area contributed by atoms with Crippen molar-refractivity contribution in [2.75, 3.05) is 5.73 Å². The van der Waals surface area contributed by atoms with Crippen LogP contribution in [0.25, 0.3) is 22.3 Å². The molecule has 2 N–H and O–H groups in total. The van der Waals surface area contributed by atoms with Crippen LogP contribution < -0.4 is 10.5 Å². The first kappa shape index (κ1) is 18.7. The fourth-order valence-electron chi connectivity index (χ4n) is 4.10. The number of alkyl halides is 3. The Hall–Kier alpha value is -2.70. The number of ether oxygens (including phenoxy) is 1. The lowest BCUT2D eigenvalue weighted by atomic mass is 9.95. The van der Waals surface area contributed by atoms with Crippen molar-refractivity contribution in [1.82, 2.24) is 9.55 Å². The highest BCUT2D eigenvalue weighted by molar-refractivity contribution is 6.01. The van der Waals surface area contributed by atoms with Gasteiger partial charge in [-0.2, -0.15) is 0 Å². The molecule has 1 aliphatic carbocycles. The molecule has 2 heterocycles. The van der Waals surface area contributed by atoms with Crippen molar-refractivity contribution >= 4 is 16.6 Å². The van der Waals surface area contributed by atoms with Crippen LogP contribution in [0.2, 0.25) is 0 Å². The summed E-state index contributed by atoms with van der Waals surface area (Å²) in [6.45, 7) is 1.96. The highest BCUT2D eigenvalue weighted by Gasteiger charge is 2.32. The molecular weight excluding hydrogens is 367 g/mol. The lowest BCUT2D eigenvalue weighted by Crippen LogP contribution is -2.17. The molecule has 0 amide bonds. The molecule has 1 aliphatic rings. The van der Waals surface area contributed by atoms with Crippen LogP contribution >= 0.6 is 0 Å². The van der Waals surface area contributed by atoms with Gasteiger partial charge >= 0.3 is 6.36 Å². The molecule has 0 aliphatic heterocycles. The minimum absolute atomic E-state index is 0.174. The van der Waals surface area contributed by atoms with Gasteiger partial charge in [-0.05, 0) is 43.5 Å². The number of benzene rings is 1. The van der Waals surface area contributed by atoms with E-state index < -0.39 is 6.36 Å². The zero-order valence-corrected chi connectivity index (χ0v) is 15.6. The summed E-state index contributed by atoms with van der Waals surface area (Å²) in [6, 6.07) is 8.39. The highest BCUT2D eigenvalue weighted by Crippen LogP contribution is 2.43. The predicted molar refractivity (Wildman–Crippen MR) is 103 cm³/mol. The molecule has 28 heavy (non-hydrogen) atoms. The summed E-state index contributed by atoms with van der Waals surface area (Å²) in [4.78, 5) is 4.53. The van der Waals surface area contributed by atoms with Gasteiger partial charge in [-0.3, -0.25) is 4.98 Å². The molecule has 148 valence electrons. The van der Waals surface area contributed by atoms with Crippen molar-refractivity contribution in [3.05, 3.63) is 42.1 Å². The zero-order valence-electron chi connectivity index (χ0n) is 15.6. The number of hydrogen-bond donors (Lipinski definition) is 1. The molecule has 4 rings (SSSR count). The Kier molecular flexibility index (Phi) is 4.69. The number of halogens is 3. The van der Waals surface area contributed by atoms with Crippen LogP contribution in [-0.4, -0.2) is 15.9 Å². The average Bonchev–Trinajstić information content (AvgIpc) is 2.94. The zero-order chi connectivity index (χ0) is 19.9. The van der Waals surface area contributed by atoms with Crippen LogP contribution in [0.1, 0.15) is 43.7 Å². The van der Waals surface area contributed by atoms with Crippen molar-refractivity contribution in [2.24, 2.45) is 0 Å². The van der Waals surface area contributed by atoms with Gasteiger partial charge in [0.15, 0.2) is 0 Å². The molecule has 3 aromatic rings. The van der Waals surface area contributed by atoms with Gasteiger partial charge in [0, 0.05) is 23.7 Å². The van der Waals surface area contributed by atoms with Crippen LogP contribution in [0.5, 0.6) is 5.75 Å². The van der Waals surface area contributed by atoms with Gasteiger partial charge in [0.25, 0.3) is 0 Å². The van der Waals surface area contributed by atoms with E-state index in [1.807, 2.05) is 19.1 Å². The first-order chi connectivity index (χ1) is 13.3. The summed E-state index contributed by atoms with van der Waals surface area (Å²) in [6.07, 6.45) is 2.32. The third kappa shape index (κ3) is 3.53. The first-order valence-electron chi connectivity index (χ1n) is 9.45. The Morgan fingerprint density at radius 2 is 1.86 bits per heavy atom. The molecule has 7 heteroatoms. The molecule has 2 aromatic heterocycles. The van der Waals surface area contributed by atoms with E-state index in [-0.39, 0.29) is 11.8 Å². The Balaban J connectivity index is 1.93. The summed E-state index contributed by atoms with van der Waals surface area (Å²) in [7, 11) is 0. The van der Waals surface area contributed by atoms with Crippen molar-refractivity contribution in [1.29, 1.82) is 0 Å². The van der Waals surface area contributed by atoms with E-state index in [0.717, 1.165) is 48.0 Å². The van der Waals surface area contributed by atoms with Gasteiger partial charge in [0.1, 0.15) is 5.75 Å². The maximum absolute atomic E-state index is 12.7. The van der Waals surface area contributed by atoms with Crippen molar-refractivity contribution in [3.8, 4) is 17.1 Å². The summed E-state index contributed by atoms with van der Waals surface area (Å²) >= 11 is 0. The quantitative estimate of drug-likeness (QED) is 0.598. The van der Waals surface area contributed by atoms with E-state index in [0.29, 0.717) is 11.2 Å².